The Kier molecular flexibility index (Phi) is 19.1. The number of nitrogens with one attached hydrogen (secondary N) is 2. The second-order valence-electron chi connectivity index (χ2n) is 23.8. The normalized spacial score (nSPS) is 20.5. The third-order valence-corrected chi connectivity index (χ3v) is 18.1. The van der Waals surface area contributed by atoms with Crippen molar-refractivity contribution in [2.24, 2.45) is 11.3 Å². The van der Waals surface area contributed by atoms with Crippen LogP contribution >= 0.6 is 22.9 Å². The Morgan fingerprint density at radius 1 is 0.940 bits per heavy atom. The van der Waals surface area contributed by atoms with Crippen molar-refractivity contribution in [1.29, 1.82) is 10.5 Å². The van der Waals surface area contributed by atoms with E-state index in [2.05, 4.69) is 60.7 Å². The number of ether oxygens (including phenoxy) is 2. The fourth-order valence-electron chi connectivity index (χ4n) is 12.1. The summed E-state index contributed by atoms with van der Waals surface area (Å²) in [6.07, 6.45) is 6.39. The maximum absolute atomic E-state index is 14.2. The van der Waals surface area contributed by atoms with Crippen LogP contribution in [0.25, 0.3) is 21.2 Å². The summed E-state index contributed by atoms with van der Waals surface area (Å²) in [4.78, 5) is 80.6. The van der Waals surface area contributed by atoms with E-state index in [1.54, 1.807) is 22.3 Å². The third kappa shape index (κ3) is 14.1. The topological polar surface area (TPSA) is 233 Å². The van der Waals surface area contributed by atoms with Crippen molar-refractivity contribution in [3.05, 3.63) is 105 Å². The van der Waals surface area contributed by atoms with Crippen molar-refractivity contribution in [3.63, 3.8) is 0 Å². The van der Waals surface area contributed by atoms with Crippen molar-refractivity contribution in [1.82, 2.24) is 40.3 Å². The molecule has 4 amide bonds. The fourth-order valence-corrected chi connectivity index (χ4v) is 13.2. The number of allylic oxidation sites excluding steroid dienone is 1. The van der Waals surface area contributed by atoms with Gasteiger partial charge in [-0.15, -0.1) is 11.3 Å². The number of nitrogens with zero attached hydrogens (tertiary/aromatic N) is 10. The van der Waals surface area contributed by atoms with Gasteiger partial charge < -0.3 is 44.8 Å². The van der Waals surface area contributed by atoms with Crippen LogP contribution in [0, 0.1) is 40.9 Å². The van der Waals surface area contributed by atoms with Gasteiger partial charge in [-0.2, -0.15) is 20.5 Å². The minimum Gasteiger partial charge on any atom is -0.462 e. The molecule has 21 heteroatoms. The molecular weight excluding hydrogens is 1100 g/mol. The summed E-state index contributed by atoms with van der Waals surface area (Å²) in [7, 11) is 0. The number of thiazole rings is 1. The Balaban J connectivity index is 0.728. The van der Waals surface area contributed by atoms with Gasteiger partial charge >= 0.3 is 6.01 Å². The number of nitriles is 2. The van der Waals surface area contributed by atoms with Crippen LogP contribution in [0.2, 0.25) is 5.02 Å². The van der Waals surface area contributed by atoms with E-state index >= 15 is 0 Å². The maximum Gasteiger partial charge on any atom is 0.318 e. The van der Waals surface area contributed by atoms with Crippen LogP contribution in [0.4, 0.5) is 11.5 Å². The maximum atomic E-state index is 14.2. The van der Waals surface area contributed by atoms with Crippen molar-refractivity contribution in [2.75, 3.05) is 75.4 Å². The van der Waals surface area contributed by atoms with Crippen LogP contribution in [0.5, 0.6) is 6.01 Å². The molecule has 19 nitrogen and oxygen atoms in total. The summed E-state index contributed by atoms with van der Waals surface area (Å²) >= 11 is 8.41. The fraction of sp³-hybridized carbons (Fsp3) is 0.508. The molecule has 10 rings (SSSR count). The first-order chi connectivity index (χ1) is 40.6. The predicted octanol–water partition coefficient (Wildman–Crippen LogP) is 7.52. The largest absolute Gasteiger partial charge is 0.462 e. The Bertz CT molecular complexity index is 3330. The van der Waals surface area contributed by atoms with Gasteiger partial charge in [-0.25, -0.2) is 4.98 Å². The Labute approximate surface area is 500 Å². The monoisotopic (exact) mass is 1180 g/mol. The van der Waals surface area contributed by atoms with Gasteiger partial charge in [0.1, 0.15) is 36.2 Å². The Morgan fingerprint density at radius 3 is 2.48 bits per heavy atom. The number of amides is 4. The SMILES string of the molecule is Cc1ncsc1-c1ccc(CNC(=O)C2CC(O)CN2C(=O)C(NC(=O)CCOCCCN2CCCC2COc2nc3c(c(N4CCN(C(=O)C(C#N)=CC5CC5)C(CC#N)C4)n2)CCN(c2cccc4cccc(Cl)c24)C3)C(C)(C)C)cc1. The highest BCUT2D eigenvalue weighted by Gasteiger charge is 2.45. The molecule has 5 atom stereocenters. The zero-order valence-corrected chi connectivity index (χ0v) is 50.0. The average molecular weight is 1180 g/mol. The van der Waals surface area contributed by atoms with Gasteiger partial charge in [-0.05, 0) is 92.0 Å². The number of fused-ring (bicyclic) bond motifs is 2. The molecule has 5 aliphatic rings. The minimum absolute atomic E-state index is 0.0139. The predicted molar refractivity (Wildman–Crippen MR) is 322 cm³/mol. The van der Waals surface area contributed by atoms with Gasteiger partial charge in [-0.1, -0.05) is 87.0 Å². The first-order valence-corrected chi connectivity index (χ1v) is 30.7. The molecule has 5 unspecified atom stereocenters. The highest BCUT2D eigenvalue weighted by atomic mass is 35.5. The molecule has 0 bridgehead atoms. The average Bonchev–Trinajstić information content (AvgIpc) is 1.57. The number of rotatable bonds is 21. The van der Waals surface area contributed by atoms with Gasteiger partial charge in [-0.3, -0.25) is 24.1 Å². The summed E-state index contributed by atoms with van der Waals surface area (Å²) in [6.45, 7) is 12.7. The van der Waals surface area contributed by atoms with Gasteiger partial charge in [0.25, 0.3) is 5.91 Å². The molecule has 442 valence electrons. The molecule has 3 N–H and O–H groups in total. The van der Waals surface area contributed by atoms with Crippen molar-refractivity contribution < 1.29 is 33.8 Å². The summed E-state index contributed by atoms with van der Waals surface area (Å²) < 4.78 is 12.6. The molecule has 4 fully saturated rings. The number of aryl methyl sites for hydroxylation is 1. The number of piperazine rings is 1. The van der Waals surface area contributed by atoms with Crippen molar-refractivity contribution in [2.45, 2.75) is 129 Å². The van der Waals surface area contributed by atoms with E-state index in [0.29, 0.717) is 57.4 Å². The van der Waals surface area contributed by atoms with E-state index in [4.69, 9.17) is 31.0 Å². The number of aromatic nitrogens is 3. The standard InChI is InChI=1S/C63H75ClN12O7S/c1-40-56(84-39-68-40)44-18-16-42(17-19-44)34-67-59(79)53-32-48(77)36-76(53)61(81)57(63(2,3)4)70-54(78)22-30-82-29-8-25-72-24-7-11-47(72)38-83-62-69-51-37-73(52-13-6-10-43-9-5-12-50(64)55(43)52)26-21-49(51)58(71-62)74-27-28-75(46(35-74)20-23-65)60(80)45(33-66)31-41-14-15-41/h5-6,9-10,12-13,16-19,31,39,41,46-48,53,57,77H,7-8,11,14-15,20-22,24-30,32,34-38H2,1-4H3,(H,67,79)(H,70,78). The van der Waals surface area contributed by atoms with Gasteiger partial charge in [0.2, 0.25) is 17.7 Å². The van der Waals surface area contributed by atoms with Crippen molar-refractivity contribution in [3.8, 4) is 28.6 Å². The molecule has 0 spiro atoms. The minimum atomic E-state index is -0.946. The van der Waals surface area contributed by atoms with E-state index in [1.807, 2.05) is 75.7 Å². The molecule has 3 aromatic carbocycles. The van der Waals surface area contributed by atoms with Crippen LogP contribution in [0.3, 0.4) is 0 Å². The second kappa shape index (κ2) is 26.8. The van der Waals surface area contributed by atoms with E-state index in [9.17, 15) is 34.8 Å². The zero-order chi connectivity index (χ0) is 59.1. The molecule has 3 saturated heterocycles. The first-order valence-electron chi connectivity index (χ1n) is 29.4. The molecule has 84 heavy (non-hydrogen) atoms. The number of likely N-dealkylation sites (tertiary alicyclic amines) is 2. The van der Waals surface area contributed by atoms with Gasteiger partial charge in [0.05, 0.1) is 64.6 Å². The number of anilines is 2. The smallest absolute Gasteiger partial charge is 0.318 e. The number of carbonyl (C=O) groups excluding carboxylic acids is 4. The molecule has 1 aliphatic carbocycles. The number of aliphatic hydroxyl groups excluding tert-OH is 1. The van der Waals surface area contributed by atoms with Crippen LogP contribution in [0.15, 0.2) is 77.8 Å². The lowest BCUT2D eigenvalue weighted by atomic mass is 9.85. The summed E-state index contributed by atoms with van der Waals surface area (Å²) in [5, 5.41) is 39.2. The number of hydrogen-bond acceptors (Lipinski definition) is 16. The lowest BCUT2D eigenvalue weighted by Crippen LogP contribution is -2.57. The number of hydrogen-bond donors (Lipinski definition) is 3. The van der Waals surface area contributed by atoms with Crippen LogP contribution in [0.1, 0.15) is 94.7 Å². The molecule has 5 aromatic rings. The van der Waals surface area contributed by atoms with Crippen molar-refractivity contribution >= 4 is 68.8 Å². The second-order valence-corrected chi connectivity index (χ2v) is 25.1. The quantitative estimate of drug-likeness (QED) is 0.0366. The Hall–Kier alpha value is -7.20. The van der Waals surface area contributed by atoms with Crippen LogP contribution in [-0.2, 0) is 43.4 Å². The summed E-state index contributed by atoms with van der Waals surface area (Å²) in [5.74, 6) is -0.463. The van der Waals surface area contributed by atoms with E-state index < -0.39 is 35.6 Å². The van der Waals surface area contributed by atoms with Crippen LogP contribution in [-0.4, -0.2) is 154 Å². The number of aliphatic hydroxyl groups is 1. The highest BCUT2D eigenvalue weighted by molar-refractivity contribution is 7.13. The summed E-state index contributed by atoms with van der Waals surface area (Å²) in [5.41, 5.74) is 7.03. The lowest BCUT2D eigenvalue weighted by Gasteiger charge is -2.42. The number of halogens is 1. The lowest BCUT2D eigenvalue weighted by molar-refractivity contribution is -0.144. The van der Waals surface area contributed by atoms with E-state index in [-0.39, 0.29) is 80.2 Å². The molecule has 6 heterocycles. The van der Waals surface area contributed by atoms with Gasteiger partial charge in [0, 0.05) is 87.9 Å². The molecule has 0 radical (unpaired) electrons. The zero-order valence-electron chi connectivity index (χ0n) is 48.4. The summed E-state index contributed by atoms with van der Waals surface area (Å²) in [6, 6.07) is 22.5. The molecule has 2 aromatic heterocycles. The number of benzene rings is 3. The van der Waals surface area contributed by atoms with E-state index in [0.717, 1.165) is 100 Å². The van der Waals surface area contributed by atoms with Crippen LogP contribution < -0.4 is 25.2 Å². The Morgan fingerprint density at radius 2 is 1.74 bits per heavy atom. The number of β-amino-alcohol motifs (C(OH)–C–C–N with tert-alkyl or cyclic N) is 1. The molecular formula is C63H75ClN12O7S. The molecule has 1 saturated carbocycles. The molecule has 4 aliphatic heterocycles. The van der Waals surface area contributed by atoms with E-state index in [1.165, 1.54) is 4.90 Å². The highest BCUT2D eigenvalue weighted by Crippen LogP contribution is 2.39. The third-order valence-electron chi connectivity index (χ3n) is 16.8. The van der Waals surface area contributed by atoms with Gasteiger partial charge in [0.15, 0.2) is 0 Å². The first kappa shape index (κ1) is 59.9. The number of carbonyl (C=O) groups is 4.